The van der Waals surface area contributed by atoms with Crippen LogP contribution in [-0.2, 0) is 12.8 Å². The van der Waals surface area contributed by atoms with Crippen molar-refractivity contribution in [3.63, 3.8) is 0 Å². The van der Waals surface area contributed by atoms with Gasteiger partial charge in [-0.1, -0.05) is 13.0 Å². The van der Waals surface area contributed by atoms with Crippen molar-refractivity contribution in [2.24, 2.45) is 0 Å². The van der Waals surface area contributed by atoms with Crippen LogP contribution in [0, 0.1) is 0 Å². The van der Waals surface area contributed by atoms with E-state index < -0.39 is 0 Å². The lowest BCUT2D eigenvalue weighted by molar-refractivity contribution is 0.211. The van der Waals surface area contributed by atoms with Crippen LogP contribution < -0.4 is 10.1 Å². The van der Waals surface area contributed by atoms with Gasteiger partial charge in [-0.25, -0.2) is 0 Å². The molecule has 2 nitrogen and oxygen atoms in total. The Labute approximate surface area is 97.0 Å². The topological polar surface area (TPSA) is 21.3 Å². The van der Waals surface area contributed by atoms with Crippen LogP contribution >= 0.6 is 0 Å². The van der Waals surface area contributed by atoms with Gasteiger partial charge in [0.1, 0.15) is 11.9 Å². The second kappa shape index (κ2) is 3.77. The van der Waals surface area contributed by atoms with Crippen molar-refractivity contribution in [3.05, 3.63) is 28.8 Å². The van der Waals surface area contributed by atoms with Gasteiger partial charge in [0, 0.05) is 5.56 Å². The first-order valence-electron chi connectivity index (χ1n) is 6.35. The Bertz CT molecular complexity index is 413. The smallest absolute Gasteiger partial charge is 0.125 e. The van der Waals surface area contributed by atoms with Crippen LogP contribution in [0.15, 0.2) is 12.1 Å². The molecule has 1 heterocycles. The molecule has 0 bridgehead atoms. The highest BCUT2D eigenvalue weighted by molar-refractivity contribution is 5.48. The SMILES string of the molecule is CCNC1c2cc3c(cc2OC1C)CCC3. The van der Waals surface area contributed by atoms with Crippen LogP contribution in [0.25, 0.3) is 0 Å². The fourth-order valence-corrected chi connectivity index (χ4v) is 2.98. The summed E-state index contributed by atoms with van der Waals surface area (Å²) in [5.41, 5.74) is 4.41. The fourth-order valence-electron chi connectivity index (χ4n) is 2.98. The van der Waals surface area contributed by atoms with Crippen molar-refractivity contribution in [1.82, 2.24) is 5.32 Å². The molecule has 0 spiro atoms. The zero-order valence-corrected chi connectivity index (χ0v) is 10.0. The van der Waals surface area contributed by atoms with E-state index in [0.29, 0.717) is 6.04 Å². The first-order valence-corrected chi connectivity index (χ1v) is 6.35. The highest BCUT2D eigenvalue weighted by Crippen LogP contribution is 2.40. The molecule has 0 aromatic heterocycles. The molecular formula is C14H19NO. The summed E-state index contributed by atoms with van der Waals surface area (Å²) in [6, 6.07) is 5.02. The van der Waals surface area contributed by atoms with E-state index in [4.69, 9.17) is 4.74 Å². The second-order valence-electron chi connectivity index (χ2n) is 4.87. The highest BCUT2D eigenvalue weighted by atomic mass is 16.5. The Morgan fingerprint density at radius 3 is 2.81 bits per heavy atom. The maximum absolute atomic E-state index is 5.93. The molecule has 2 atom stereocenters. The lowest BCUT2D eigenvalue weighted by Gasteiger charge is -2.15. The average Bonchev–Trinajstić information content (AvgIpc) is 2.81. The van der Waals surface area contributed by atoms with E-state index in [0.717, 1.165) is 12.3 Å². The summed E-state index contributed by atoms with van der Waals surface area (Å²) in [7, 11) is 0. The fraction of sp³-hybridized carbons (Fsp3) is 0.571. The van der Waals surface area contributed by atoms with Gasteiger partial charge in [-0.3, -0.25) is 0 Å². The van der Waals surface area contributed by atoms with E-state index in [1.807, 2.05) is 0 Å². The van der Waals surface area contributed by atoms with Crippen LogP contribution in [0.4, 0.5) is 0 Å². The third-order valence-corrected chi connectivity index (χ3v) is 3.77. The largest absolute Gasteiger partial charge is 0.488 e. The Morgan fingerprint density at radius 1 is 1.31 bits per heavy atom. The van der Waals surface area contributed by atoms with Gasteiger partial charge in [0.05, 0.1) is 6.04 Å². The minimum Gasteiger partial charge on any atom is -0.488 e. The number of hydrogen-bond acceptors (Lipinski definition) is 2. The monoisotopic (exact) mass is 217 g/mol. The molecule has 86 valence electrons. The van der Waals surface area contributed by atoms with Crippen LogP contribution in [0.2, 0.25) is 0 Å². The molecule has 16 heavy (non-hydrogen) atoms. The van der Waals surface area contributed by atoms with Crippen molar-refractivity contribution < 1.29 is 4.74 Å². The van der Waals surface area contributed by atoms with Crippen molar-refractivity contribution >= 4 is 0 Å². The quantitative estimate of drug-likeness (QED) is 0.822. The van der Waals surface area contributed by atoms with Gasteiger partial charge in [0.15, 0.2) is 0 Å². The maximum atomic E-state index is 5.93. The molecule has 2 aliphatic rings. The summed E-state index contributed by atoms with van der Waals surface area (Å²) in [4.78, 5) is 0. The lowest BCUT2D eigenvalue weighted by Crippen LogP contribution is -2.28. The first kappa shape index (κ1) is 10.2. The third-order valence-electron chi connectivity index (χ3n) is 3.77. The summed E-state index contributed by atoms with van der Waals surface area (Å²) < 4.78 is 5.93. The van der Waals surface area contributed by atoms with Crippen LogP contribution in [0.1, 0.15) is 43.0 Å². The van der Waals surface area contributed by atoms with Gasteiger partial charge in [-0.2, -0.15) is 0 Å². The molecule has 0 radical (unpaired) electrons. The number of benzene rings is 1. The third kappa shape index (κ3) is 1.44. The second-order valence-corrected chi connectivity index (χ2v) is 4.87. The zero-order chi connectivity index (χ0) is 11.1. The van der Waals surface area contributed by atoms with Gasteiger partial charge < -0.3 is 10.1 Å². The molecule has 3 rings (SSSR count). The van der Waals surface area contributed by atoms with Crippen LogP contribution in [0.5, 0.6) is 5.75 Å². The molecule has 1 aromatic rings. The summed E-state index contributed by atoms with van der Waals surface area (Å²) >= 11 is 0. The molecule has 1 N–H and O–H groups in total. The van der Waals surface area contributed by atoms with Gasteiger partial charge >= 0.3 is 0 Å². The Kier molecular flexibility index (Phi) is 2.40. The van der Waals surface area contributed by atoms with E-state index in [1.165, 1.54) is 30.4 Å². The van der Waals surface area contributed by atoms with Crippen LogP contribution in [-0.4, -0.2) is 12.6 Å². The first-order chi connectivity index (χ1) is 7.79. The van der Waals surface area contributed by atoms with E-state index in [2.05, 4.69) is 31.3 Å². The van der Waals surface area contributed by atoms with E-state index in [9.17, 15) is 0 Å². The Morgan fingerprint density at radius 2 is 2.06 bits per heavy atom. The predicted octanol–water partition coefficient (Wildman–Crippen LogP) is 2.61. The molecule has 2 unspecified atom stereocenters. The molecule has 0 fully saturated rings. The van der Waals surface area contributed by atoms with E-state index >= 15 is 0 Å². The standard InChI is InChI=1S/C14H19NO/c1-3-15-14-9(2)16-13-8-11-6-4-5-10(11)7-12(13)14/h7-9,14-15H,3-6H2,1-2H3. The molecule has 0 saturated heterocycles. The van der Waals surface area contributed by atoms with Gasteiger partial charge in [-0.05, 0) is 49.9 Å². The molecule has 1 aromatic carbocycles. The Hall–Kier alpha value is -1.02. The van der Waals surface area contributed by atoms with Gasteiger partial charge in [-0.15, -0.1) is 0 Å². The van der Waals surface area contributed by atoms with E-state index in [1.54, 1.807) is 5.56 Å². The summed E-state index contributed by atoms with van der Waals surface area (Å²) in [6.45, 7) is 5.30. The molecular weight excluding hydrogens is 198 g/mol. The zero-order valence-electron chi connectivity index (χ0n) is 10.0. The summed E-state index contributed by atoms with van der Waals surface area (Å²) in [5, 5.41) is 3.52. The number of likely N-dealkylation sites (N-methyl/N-ethyl adjacent to an activating group) is 1. The minimum atomic E-state index is 0.262. The minimum absolute atomic E-state index is 0.262. The van der Waals surface area contributed by atoms with E-state index in [-0.39, 0.29) is 6.10 Å². The molecule has 1 aliphatic carbocycles. The maximum Gasteiger partial charge on any atom is 0.125 e. The number of ether oxygens (including phenoxy) is 1. The molecule has 0 amide bonds. The van der Waals surface area contributed by atoms with Crippen molar-refractivity contribution in [1.29, 1.82) is 0 Å². The van der Waals surface area contributed by atoms with Gasteiger partial charge in [0.2, 0.25) is 0 Å². The number of fused-ring (bicyclic) bond motifs is 2. The number of nitrogens with one attached hydrogen (secondary N) is 1. The van der Waals surface area contributed by atoms with Gasteiger partial charge in [0.25, 0.3) is 0 Å². The normalized spacial score (nSPS) is 26.4. The summed E-state index contributed by atoms with van der Waals surface area (Å²) in [5.74, 6) is 1.11. The molecule has 2 heteroatoms. The Balaban J connectivity index is 2.01. The molecule has 1 aliphatic heterocycles. The number of aryl methyl sites for hydroxylation is 2. The van der Waals surface area contributed by atoms with Crippen LogP contribution in [0.3, 0.4) is 0 Å². The summed E-state index contributed by atoms with van der Waals surface area (Å²) in [6.07, 6.45) is 4.04. The lowest BCUT2D eigenvalue weighted by atomic mass is 9.99. The predicted molar refractivity (Wildman–Crippen MR) is 65.0 cm³/mol. The van der Waals surface area contributed by atoms with Crippen molar-refractivity contribution in [3.8, 4) is 5.75 Å². The number of hydrogen-bond donors (Lipinski definition) is 1. The molecule has 0 saturated carbocycles. The average molecular weight is 217 g/mol. The number of rotatable bonds is 2. The highest BCUT2D eigenvalue weighted by Gasteiger charge is 2.32. The van der Waals surface area contributed by atoms with Crippen molar-refractivity contribution in [2.45, 2.75) is 45.3 Å². The van der Waals surface area contributed by atoms with Crippen molar-refractivity contribution in [2.75, 3.05) is 6.54 Å².